The summed E-state index contributed by atoms with van der Waals surface area (Å²) in [7, 11) is 0. The molecule has 3 rings (SSSR count). The Labute approximate surface area is 138 Å². The maximum Gasteiger partial charge on any atom is 0.326 e. The van der Waals surface area contributed by atoms with Gasteiger partial charge in [-0.15, -0.1) is 0 Å². The maximum atomic E-state index is 13.2. The molecule has 2 N–H and O–H groups in total. The molecule has 0 aliphatic carbocycles. The van der Waals surface area contributed by atoms with Crippen LogP contribution in [0, 0.1) is 12.7 Å². The lowest BCUT2D eigenvalue weighted by Gasteiger charge is -2.08. The Balaban J connectivity index is 1.63. The highest BCUT2D eigenvalue weighted by Crippen LogP contribution is 2.11. The summed E-state index contributed by atoms with van der Waals surface area (Å²) in [5.74, 6) is -0.495. The van der Waals surface area contributed by atoms with E-state index in [0.29, 0.717) is 30.5 Å². The fourth-order valence-corrected chi connectivity index (χ4v) is 2.71. The van der Waals surface area contributed by atoms with Crippen molar-refractivity contribution in [2.24, 2.45) is 0 Å². The molecule has 0 radical (unpaired) electrons. The molecule has 0 bridgehead atoms. The van der Waals surface area contributed by atoms with E-state index in [1.807, 2.05) is 31.2 Å². The van der Waals surface area contributed by atoms with Gasteiger partial charge in [0.15, 0.2) is 0 Å². The van der Waals surface area contributed by atoms with Gasteiger partial charge in [0.25, 0.3) is 0 Å². The largest absolute Gasteiger partial charge is 0.354 e. The van der Waals surface area contributed by atoms with Crippen LogP contribution in [0.15, 0.2) is 47.3 Å². The van der Waals surface area contributed by atoms with Crippen LogP contribution in [0.25, 0.3) is 11.0 Å². The second kappa shape index (κ2) is 6.70. The number of H-pyrrole nitrogens is 1. The highest BCUT2D eigenvalue weighted by molar-refractivity contribution is 5.79. The SMILES string of the molecule is Cc1ccccc1CC(=O)NCCn1c(=O)[nH]c2cc(F)ccc21. The lowest BCUT2D eigenvalue weighted by Crippen LogP contribution is -2.31. The molecule has 1 amide bonds. The summed E-state index contributed by atoms with van der Waals surface area (Å²) < 4.78 is 14.7. The van der Waals surface area contributed by atoms with E-state index in [4.69, 9.17) is 0 Å². The number of carbonyl (C=O) groups excluding carboxylic acids is 1. The van der Waals surface area contributed by atoms with Crippen molar-refractivity contribution in [1.29, 1.82) is 0 Å². The first-order valence-electron chi connectivity index (χ1n) is 7.74. The predicted octanol–water partition coefficient (Wildman–Crippen LogP) is 2.14. The Morgan fingerprint density at radius 1 is 1.25 bits per heavy atom. The molecule has 0 atom stereocenters. The van der Waals surface area contributed by atoms with Crippen LogP contribution in [0.5, 0.6) is 0 Å². The monoisotopic (exact) mass is 327 g/mol. The Morgan fingerprint density at radius 2 is 2.04 bits per heavy atom. The standard InChI is InChI=1S/C18H18FN3O2/c1-12-4-2-3-5-13(12)10-17(23)20-8-9-22-16-7-6-14(19)11-15(16)21-18(22)24/h2-7,11H,8-10H2,1H3,(H,20,23)(H,21,24). The zero-order chi connectivity index (χ0) is 17.1. The number of halogens is 1. The number of aryl methyl sites for hydroxylation is 1. The van der Waals surface area contributed by atoms with Gasteiger partial charge in [-0.3, -0.25) is 9.36 Å². The smallest absolute Gasteiger partial charge is 0.326 e. The summed E-state index contributed by atoms with van der Waals surface area (Å²) in [6.45, 7) is 2.62. The van der Waals surface area contributed by atoms with Crippen LogP contribution in [0.1, 0.15) is 11.1 Å². The molecule has 0 saturated heterocycles. The number of carbonyl (C=O) groups is 1. The van der Waals surface area contributed by atoms with E-state index in [2.05, 4.69) is 10.3 Å². The Bertz CT molecular complexity index is 943. The molecule has 0 saturated carbocycles. The molecular weight excluding hydrogens is 309 g/mol. The summed E-state index contributed by atoms with van der Waals surface area (Å²) in [6.07, 6.45) is 0.306. The number of benzene rings is 2. The topological polar surface area (TPSA) is 66.9 Å². The van der Waals surface area contributed by atoms with Crippen LogP contribution in [0.2, 0.25) is 0 Å². The van der Waals surface area contributed by atoms with E-state index >= 15 is 0 Å². The molecule has 124 valence electrons. The van der Waals surface area contributed by atoms with E-state index in [1.165, 1.54) is 16.7 Å². The number of amides is 1. The van der Waals surface area contributed by atoms with Crippen molar-refractivity contribution in [3.8, 4) is 0 Å². The third kappa shape index (κ3) is 3.37. The van der Waals surface area contributed by atoms with Crippen LogP contribution in [0.4, 0.5) is 4.39 Å². The Kier molecular flexibility index (Phi) is 4.46. The second-order valence-electron chi connectivity index (χ2n) is 5.70. The minimum atomic E-state index is -0.401. The van der Waals surface area contributed by atoms with Crippen molar-refractivity contribution >= 4 is 16.9 Å². The van der Waals surface area contributed by atoms with Crippen LogP contribution < -0.4 is 11.0 Å². The molecule has 1 aromatic heterocycles. The van der Waals surface area contributed by atoms with Crippen LogP contribution in [0.3, 0.4) is 0 Å². The number of hydrogen-bond donors (Lipinski definition) is 2. The van der Waals surface area contributed by atoms with Crippen molar-refractivity contribution in [3.05, 3.63) is 69.9 Å². The van der Waals surface area contributed by atoms with Gasteiger partial charge in [-0.1, -0.05) is 24.3 Å². The Hall–Kier alpha value is -2.89. The number of nitrogens with one attached hydrogen (secondary N) is 2. The van der Waals surface area contributed by atoms with Crippen LogP contribution in [-0.2, 0) is 17.8 Å². The third-order valence-corrected chi connectivity index (χ3v) is 4.01. The van der Waals surface area contributed by atoms with Crippen molar-refractivity contribution in [3.63, 3.8) is 0 Å². The number of aromatic amines is 1. The van der Waals surface area contributed by atoms with Gasteiger partial charge >= 0.3 is 5.69 Å². The van der Waals surface area contributed by atoms with Gasteiger partial charge in [0.1, 0.15) is 5.82 Å². The minimum Gasteiger partial charge on any atom is -0.354 e. The number of nitrogens with zero attached hydrogens (tertiary/aromatic N) is 1. The number of rotatable bonds is 5. The number of fused-ring (bicyclic) bond motifs is 1. The zero-order valence-electron chi connectivity index (χ0n) is 13.3. The first kappa shape index (κ1) is 16.0. The van der Waals surface area contributed by atoms with E-state index in [0.717, 1.165) is 11.1 Å². The lowest BCUT2D eigenvalue weighted by atomic mass is 10.1. The van der Waals surface area contributed by atoms with Crippen molar-refractivity contribution in [2.75, 3.05) is 6.54 Å². The third-order valence-electron chi connectivity index (χ3n) is 4.01. The normalized spacial score (nSPS) is 10.9. The molecule has 0 aliphatic heterocycles. The lowest BCUT2D eigenvalue weighted by molar-refractivity contribution is -0.120. The molecule has 3 aromatic rings. The molecule has 1 heterocycles. The van der Waals surface area contributed by atoms with E-state index in [9.17, 15) is 14.0 Å². The molecular formula is C18H18FN3O2. The maximum absolute atomic E-state index is 13.2. The minimum absolute atomic E-state index is 0.0942. The van der Waals surface area contributed by atoms with E-state index < -0.39 is 5.82 Å². The molecule has 24 heavy (non-hydrogen) atoms. The van der Waals surface area contributed by atoms with Crippen molar-refractivity contribution < 1.29 is 9.18 Å². The molecule has 0 fully saturated rings. The van der Waals surface area contributed by atoms with Gasteiger partial charge in [0, 0.05) is 13.1 Å². The van der Waals surface area contributed by atoms with E-state index in [-0.39, 0.29) is 11.6 Å². The summed E-state index contributed by atoms with van der Waals surface area (Å²) in [5, 5.41) is 2.81. The van der Waals surface area contributed by atoms with E-state index in [1.54, 1.807) is 6.07 Å². The molecule has 6 heteroatoms. The van der Waals surface area contributed by atoms with Crippen molar-refractivity contribution in [2.45, 2.75) is 19.9 Å². The number of aromatic nitrogens is 2. The first-order valence-corrected chi connectivity index (χ1v) is 7.74. The average molecular weight is 327 g/mol. The summed E-state index contributed by atoms with van der Waals surface area (Å²) in [4.78, 5) is 26.6. The molecule has 0 unspecified atom stereocenters. The number of hydrogen-bond acceptors (Lipinski definition) is 2. The quantitative estimate of drug-likeness (QED) is 0.754. The molecule has 0 aliphatic rings. The fraction of sp³-hybridized carbons (Fsp3) is 0.222. The van der Waals surface area contributed by atoms with Gasteiger partial charge in [0.05, 0.1) is 17.5 Å². The molecule has 2 aromatic carbocycles. The summed E-state index contributed by atoms with van der Waals surface area (Å²) in [6, 6.07) is 11.9. The summed E-state index contributed by atoms with van der Waals surface area (Å²) >= 11 is 0. The van der Waals surface area contributed by atoms with Gasteiger partial charge in [-0.25, -0.2) is 9.18 Å². The van der Waals surface area contributed by atoms with Crippen molar-refractivity contribution in [1.82, 2.24) is 14.9 Å². The highest BCUT2D eigenvalue weighted by atomic mass is 19.1. The van der Waals surface area contributed by atoms with Crippen LogP contribution >= 0.6 is 0 Å². The molecule has 0 spiro atoms. The zero-order valence-corrected chi connectivity index (χ0v) is 13.3. The molecule has 5 nitrogen and oxygen atoms in total. The average Bonchev–Trinajstić information content (AvgIpc) is 2.84. The van der Waals surface area contributed by atoms with Gasteiger partial charge < -0.3 is 10.3 Å². The first-order chi connectivity index (χ1) is 11.5. The van der Waals surface area contributed by atoms with Gasteiger partial charge in [-0.05, 0) is 36.2 Å². The number of imidazole rings is 1. The van der Waals surface area contributed by atoms with Gasteiger partial charge in [0.2, 0.25) is 5.91 Å². The second-order valence-corrected chi connectivity index (χ2v) is 5.70. The fourth-order valence-electron chi connectivity index (χ4n) is 2.71. The Morgan fingerprint density at radius 3 is 2.83 bits per heavy atom. The predicted molar refractivity (Wildman–Crippen MR) is 90.4 cm³/mol. The van der Waals surface area contributed by atoms with Crippen LogP contribution in [-0.4, -0.2) is 22.0 Å². The highest BCUT2D eigenvalue weighted by Gasteiger charge is 2.09. The summed E-state index contributed by atoms with van der Waals surface area (Å²) in [5.41, 5.74) is 2.81. The van der Waals surface area contributed by atoms with Gasteiger partial charge in [-0.2, -0.15) is 0 Å².